The third kappa shape index (κ3) is 11.0. The maximum atomic E-state index is 12.0. The largest absolute Gasteiger partial charge is 0.294 e. The lowest BCUT2D eigenvalue weighted by molar-refractivity contribution is 0.0980. The van der Waals surface area contributed by atoms with Crippen molar-refractivity contribution in [1.29, 1.82) is 0 Å². The summed E-state index contributed by atoms with van der Waals surface area (Å²) in [5, 5.41) is 0.651. The van der Waals surface area contributed by atoms with E-state index in [1.807, 2.05) is 6.07 Å². The summed E-state index contributed by atoms with van der Waals surface area (Å²) in [6, 6.07) is 8.90. The first-order valence-electron chi connectivity index (χ1n) is 9.46. The quantitative estimate of drug-likeness (QED) is 0.510. The molecular weight excluding hydrogens is 378 g/mol. The van der Waals surface area contributed by atoms with Crippen LogP contribution in [0.1, 0.15) is 69.3 Å². The molecule has 0 spiro atoms. The molecule has 1 atom stereocenters. The van der Waals surface area contributed by atoms with Crippen molar-refractivity contribution in [1.82, 2.24) is 4.98 Å². The number of carbonyl (C=O) groups excluding carboxylic acids is 1. The molecule has 0 bridgehead atoms. The fourth-order valence-electron chi connectivity index (χ4n) is 2.03. The van der Waals surface area contributed by atoms with Crippen LogP contribution in [-0.4, -0.2) is 21.2 Å². The lowest BCUT2D eigenvalue weighted by Gasteiger charge is -2.06. The Morgan fingerprint density at radius 1 is 1.11 bits per heavy atom. The number of aromatic nitrogens is 1. The molecule has 2 rings (SSSR count). The minimum absolute atomic E-state index is 0.0782. The number of pyridine rings is 1. The molecule has 0 aliphatic rings. The molecule has 1 aromatic heterocycles. The summed E-state index contributed by atoms with van der Waals surface area (Å²) in [4.78, 5) is 16.7. The molecule has 0 fully saturated rings. The van der Waals surface area contributed by atoms with Crippen LogP contribution in [-0.2, 0) is 17.2 Å². The van der Waals surface area contributed by atoms with Gasteiger partial charge in [-0.1, -0.05) is 52.1 Å². The van der Waals surface area contributed by atoms with Gasteiger partial charge in [0.15, 0.2) is 5.78 Å². The number of carbonyl (C=O) groups is 1. The van der Waals surface area contributed by atoms with Crippen molar-refractivity contribution in [2.75, 3.05) is 6.26 Å². The third-order valence-electron chi connectivity index (χ3n) is 3.18. The van der Waals surface area contributed by atoms with Crippen LogP contribution in [0.2, 0.25) is 5.02 Å². The first-order chi connectivity index (χ1) is 12.9. The summed E-state index contributed by atoms with van der Waals surface area (Å²) in [6.45, 7) is 8.50. The number of nitrogens with zero attached hydrogens (tertiary/aromatic N) is 1. The first kappa shape index (κ1) is 25.5. The van der Waals surface area contributed by atoms with Crippen LogP contribution in [0.25, 0.3) is 0 Å². The van der Waals surface area contributed by atoms with Gasteiger partial charge in [-0.05, 0) is 48.7 Å². The highest BCUT2D eigenvalue weighted by Crippen LogP contribution is 2.21. The van der Waals surface area contributed by atoms with Gasteiger partial charge in [0, 0.05) is 51.4 Å². The number of benzene rings is 1. The van der Waals surface area contributed by atoms with Gasteiger partial charge in [0.2, 0.25) is 0 Å². The molecule has 150 valence electrons. The Kier molecular flexibility index (Phi) is 14.7. The molecule has 1 aromatic carbocycles. The average Bonchev–Trinajstić information content (AvgIpc) is 2.65. The van der Waals surface area contributed by atoms with Gasteiger partial charge in [-0.15, -0.1) is 0 Å². The number of rotatable bonds is 6. The standard InChI is InChI=1S/C16H16ClNO2S.2C3H8/c1-21(20)14-7-8-15(17)12(10-14)4-2-6-16(19)13-5-3-9-18-11-13;2*1-3-2/h3,5,7-11H,2,4,6H2,1H3;2*3H2,1-2H3. The first-order valence-corrected chi connectivity index (χ1v) is 11.4. The number of aryl methyl sites for hydroxylation is 1. The lowest BCUT2D eigenvalue weighted by atomic mass is 10.0. The molecule has 0 aliphatic carbocycles. The Bertz CT molecular complexity index is 688. The van der Waals surface area contributed by atoms with Crippen LogP contribution in [0.5, 0.6) is 0 Å². The third-order valence-corrected chi connectivity index (χ3v) is 4.47. The Morgan fingerprint density at radius 2 is 1.74 bits per heavy atom. The van der Waals surface area contributed by atoms with E-state index in [-0.39, 0.29) is 5.78 Å². The van der Waals surface area contributed by atoms with E-state index in [1.54, 1.807) is 42.9 Å². The summed E-state index contributed by atoms with van der Waals surface area (Å²) in [5.41, 5.74) is 1.57. The van der Waals surface area contributed by atoms with Crippen molar-refractivity contribution in [3.05, 3.63) is 58.9 Å². The smallest absolute Gasteiger partial charge is 0.164 e. The van der Waals surface area contributed by atoms with Gasteiger partial charge < -0.3 is 0 Å². The highest BCUT2D eigenvalue weighted by Gasteiger charge is 2.08. The summed E-state index contributed by atoms with van der Waals surface area (Å²) in [6.07, 6.45) is 9.20. The summed E-state index contributed by atoms with van der Waals surface area (Å²) < 4.78 is 11.5. The maximum Gasteiger partial charge on any atom is 0.164 e. The Labute approximate surface area is 172 Å². The minimum atomic E-state index is -1.03. The molecule has 5 heteroatoms. The minimum Gasteiger partial charge on any atom is -0.294 e. The van der Waals surface area contributed by atoms with E-state index in [9.17, 15) is 9.00 Å². The topological polar surface area (TPSA) is 47.0 Å². The fourth-order valence-corrected chi connectivity index (χ4v) is 2.81. The highest BCUT2D eigenvalue weighted by molar-refractivity contribution is 7.84. The van der Waals surface area contributed by atoms with Gasteiger partial charge in [-0.25, -0.2) is 0 Å². The molecule has 1 unspecified atom stereocenters. The van der Waals surface area contributed by atoms with Crippen LogP contribution in [0, 0.1) is 0 Å². The molecule has 27 heavy (non-hydrogen) atoms. The molecule has 0 saturated carbocycles. The Hall–Kier alpha value is -1.52. The predicted molar refractivity (Wildman–Crippen MR) is 117 cm³/mol. The van der Waals surface area contributed by atoms with Crippen molar-refractivity contribution in [3.63, 3.8) is 0 Å². The van der Waals surface area contributed by atoms with Gasteiger partial charge in [-0.2, -0.15) is 0 Å². The van der Waals surface area contributed by atoms with E-state index in [1.165, 1.54) is 12.8 Å². The second-order valence-corrected chi connectivity index (χ2v) is 7.93. The summed E-state index contributed by atoms with van der Waals surface area (Å²) >= 11 is 6.14. The molecule has 0 N–H and O–H groups in total. The Morgan fingerprint density at radius 3 is 2.26 bits per heavy atom. The molecule has 2 aromatic rings. The summed E-state index contributed by atoms with van der Waals surface area (Å²) in [5.74, 6) is 0.0782. The Balaban J connectivity index is 0.000000997. The van der Waals surface area contributed by atoms with Gasteiger partial charge in [0.25, 0.3) is 0 Å². The number of hydrogen-bond acceptors (Lipinski definition) is 3. The SMILES string of the molecule is CCC.CCC.CS(=O)c1ccc(Cl)c(CCCC(=O)c2cccnc2)c1. The van der Waals surface area contributed by atoms with E-state index < -0.39 is 10.8 Å². The van der Waals surface area contributed by atoms with E-state index in [0.717, 1.165) is 10.5 Å². The molecular formula is C22H32ClNO2S. The molecule has 0 aliphatic heterocycles. The number of Topliss-reactive ketones (excluding diaryl/α,β-unsaturated/α-hetero) is 1. The fraction of sp³-hybridized carbons (Fsp3) is 0.455. The number of hydrogen-bond donors (Lipinski definition) is 0. The van der Waals surface area contributed by atoms with Crippen LogP contribution in [0.4, 0.5) is 0 Å². The van der Waals surface area contributed by atoms with Crippen molar-refractivity contribution < 1.29 is 9.00 Å². The van der Waals surface area contributed by atoms with E-state index in [2.05, 4.69) is 32.7 Å². The number of halogens is 1. The molecule has 3 nitrogen and oxygen atoms in total. The van der Waals surface area contributed by atoms with Gasteiger partial charge in [-0.3, -0.25) is 14.0 Å². The van der Waals surface area contributed by atoms with Crippen LogP contribution < -0.4 is 0 Å². The zero-order valence-electron chi connectivity index (χ0n) is 17.1. The van der Waals surface area contributed by atoms with Gasteiger partial charge in [0.05, 0.1) is 0 Å². The molecule has 0 saturated heterocycles. The van der Waals surface area contributed by atoms with Crippen molar-refractivity contribution in [3.8, 4) is 0 Å². The summed E-state index contributed by atoms with van der Waals surface area (Å²) in [7, 11) is -1.03. The van der Waals surface area contributed by atoms with E-state index in [0.29, 0.717) is 29.8 Å². The van der Waals surface area contributed by atoms with E-state index in [4.69, 9.17) is 11.6 Å². The molecule has 0 radical (unpaired) electrons. The van der Waals surface area contributed by atoms with Crippen molar-refractivity contribution in [2.45, 2.75) is 64.7 Å². The van der Waals surface area contributed by atoms with Crippen molar-refractivity contribution in [2.24, 2.45) is 0 Å². The maximum absolute atomic E-state index is 12.0. The zero-order valence-corrected chi connectivity index (χ0v) is 18.7. The normalized spacial score (nSPS) is 10.7. The molecule has 1 heterocycles. The number of ketones is 1. The highest BCUT2D eigenvalue weighted by atomic mass is 35.5. The zero-order chi connectivity index (χ0) is 20.7. The van der Waals surface area contributed by atoms with Crippen LogP contribution in [0.3, 0.4) is 0 Å². The lowest BCUT2D eigenvalue weighted by Crippen LogP contribution is -2.01. The molecule has 0 amide bonds. The predicted octanol–water partition coefficient (Wildman–Crippen LogP) is 6.51. The van der Waals surface area contributed by atoms with Crippen molar-refractivity contribution >= 4 is 28.2 Å². The van der Waals surface area contributed by atoms with Crippen LogP contribution >= 0.6 is 11.6 Å². The monoisotopic (exact) mass is 409 g/mol. The second-order valence-electron chi connectivity index (χ2n) is 6.14. The van der Waals surface area contributed by atoms with E-state index >= 15 is 0 Å². The van der Waals surface area contributed by atoms with Gasteiger partial charge in [0.1, 0.15) is 0 Å². The average molecular weight is 410 g/mol. The van der Waals surface area contributed by atoms with Crippen LogP contribution in [0.15, 0.2) is 47.6 Å². The van der Waals surface area contributed by atoms with Gasteiger partial charge >= 0.3 is 0 Å². The second kappa shape index (κ2) is 15.5.